The zero-order chi connectivity index (χ0) is 20.9. The van der Waals surface area contributed by atoms with Crippen LogP contribution in [-0.4, -0.2) is 20.6 Å². The van der Waals surface area contributed by atoms with Gasteiger partial charge in [-0.3, -0.25) is 0 Å². The SMILES string of the molecule is CCc1ccc(NC(=S)N(Cc2cn(CC)c3ccccc23)C2CCCCC2)cc1. The molecule has 30 heavy (non-hydrogen) atoms. The lowest BCUT2D eigenvalue weighted by molar-refractivity contribution is 0.241. The minimum atomic E-state index is 0.511. The Morgan fingerprint density at radius 2 is 1.77 bits per heavy atom. The molecule has 1 aliphatic carbocycles. The van der Waals surface area contributed by atoms with E-state index in [9.17, 15) is 0 Å². The van der Waals surface area contributed by atoms with Crippen LogP contribution in [0.2, 0.25) is 0 Å². The molecule has 4 heteroatoms. The van der Waals surface area contributed by atoms with Gasteiger partial charge in [0.15, 0.2) is 5.11 Å². The van der Waals surface area contributed by atoms with Gasteiger partial charge in [-0.2, -0.15) is 0 Å². The van der Waals surface area contributed by atoms with Crippen molar-refractivity contribution >= 4 is 33.9 Å². The van der Waals surface area contributed by atoms with Crippen molar-refractivity contribution < 1.29 is 0 Å². The Morgan fingerprint density at radius 3 is 2.47 bits per heavy atom. The van der Waals surface area contributed by atoms with Crippen molar-refractivity contribution in [2.75, 3.05) is 5.32 Å². The first-order valence-corrected chi connectivity index (χ1v) is 11.8. The third-order valence-electron chi connectivity index (χ3n) is 6.44. The zero-order valence-corrected chi connectivity index (χ0v) is 19.0. The van der Waals surface area contributed by atoms with Crippen LogP contribution >= 0.6 is 12.2 Å². The second kappa shape index (κ2) is 9.65. The average molecular weight is 420 g/mol. The Bertz CT molecular complexity index is 983. The van der Waals surface area contributed by atoms with E-state index in [2.05, 4.69) is 83.4 Å². The summed E-state index contributed by atoms with van der Waals surface area (Å²) in [5.74, 6) is 0. The molecule has 1 N–H and O–H groups in total. The summed E-state index contributed by atoms with van der Waals surface area (Å²) in [5, 5.41) is 5.72. The fourth-order valence-electron chi connectivity index (χ4n) is 4.67. The molecule has 4 rings (SSSR count). The van der Waals surface area contributed by atoms with Gasteiger partial charge in [0.05, 0.1) is 0 Å². The van der Waals surface area contributed by atoms with Crippen molar-refractivity contribution in [3.05, 3.63) is 65.9 Å². The molecular weight excluding hydrogens is 386 g/mol. The van der Waals surface area contributed by atoms with Crippen LogP contribution in [0, 0.1) is 0 Å². The van der Waals surface area contributed by atoms with Gasteiger partial charge in [-0.15, -0.1) is 0 Å². The van der Waals surface area contributed by atoms with E-state index in [1.165, 1.54) is 54.1 Å². The topological polar surface area (TPSA) is 20.2 Å². The molecule has 158 valence electrons. The standard InChI is InChI=1S/C26H33N3S/c1-3-20-14-16-22(17-15-20)27-26(30)29(23-10-6-5-7-11-23)19-21-18-28(4-2)25-13-9-8-12-24(21)25/h8-9,12-18,23H,3-7,10-11,19H2,1-2H3,(H,27,30). The number of hydrogen-bond donors (Lipinski definition) is 1. The van der Waals surface area contributed by atoms with Crippen LogP contribution in [0.5, 0.6) is 0 Å². The number of para-hydroxylation sites is 1. The van der Waals surface area contributed by atoms with Gasteiger partial charge in [-0.1, -0.05) is 56.5 Å². The number of hydrogen-bond acceptors (Lipinski definition) is 1. The molecular formula is C26H33N3S. The van der Waals surface area contributed by atoms with E-state index in [0.29, 0.717) is 6.04 Å². The minimum absolute atomic E-state index is 0.511. The summed E-state index contributed by atoms with van der Waals surface area (Å²) >= 11 is 5.96. The normalized spacial score (nSPS) is 14.7. The zero-order valence-electron chi connectivity index (χ0n) is 18.2. The maximum atomic E-state index is 5.96. The predicted molar refractivity (Wildman–Crippen MR) is 132 cm³/mol. The number of anilines is 1. The molecule has 1 aromatic heterocycles. The van der Waals surface area contributed by atoms with Gasteiger partial charge in [-0.25, -0.2) is 0 Å². The highest BCUT2D eigenvalue weighted by molar-refractivity contribution is 7.80. The minimum Gasteiger partial charge on any atom is -0.347 e. The number of benzene rings is 2. The van der Waals surface area contributed by atoms with Crippen LogP contribution in [0.15, 0.2) is 54.7 Å². The first kappa shape index (κ1) is 20.9. The Labute approximate surface area is 186 Å². The number of fused-ring (bicyclic) bond motifs is 1. The number of rotatable bonds is 6. The molecule has 1 aliphatic rings. The average Bonchev–Trinajstić information content (AvgIpc) is 3.16. The highest BCUT2D eigenvalue weighted by atomic mass is 32.1. The first-order chi connectivity index (χ1) is 14.7. The molecule has 0 spiro atoms. The maximum Gasteiger partial charge on any atom is 0.173 e. The Morgan fingerprint density at radius 1 is 1.03 bits per heavy atom. The highest BCUT2D eigenvalue weighted by Gasteiger charge is 2.25. The van der Waals surface area contributed by atoms with Crippen molar-refractivity contribution in [2.24, 2.45) is 0 Å². The van der Waals surface area contributed by atoms with E-state index >= 15 is 0 Å². The van der Waals surface area contributed by atoms with Gasteiger partial charge >= 0.3 is 0 Å². The molecule has 1 heterocycles. The molecule has 3 nitrogen and oxygen atoms in total. The van der Waals surface area contributed by atoms with Crippen LogP contribution in [0.4, 0.5) is 5.69 Å². The van der Waals surface area contributed by atoms with Crippen LogP contribution in [0.25, 0.3) is 10.9 Å². The van der Waals surface area contributed by atoms with Crippen LogP contribution in [0.3, 0.4) is 0 Å². The van der Waals surface area contributed by atoms with Gasteiger partial charge in [0, 0.05) is 41.9 Å². The van der Waals surface area contributed by atoms with E-state index in [4.69, 9.17) is 12.2 Å². The molecule has 2 aromatic carbocycles. The molecule has 0 aliphatic heterocycles. The Kier molecular flexibility index (Phi) is 6.73. The lowest BCUT2D eigenvalue weighted by atomic mass is 9.94. The second-order valence-corrected chi connectivity index (χ2v) is 8.74. The fraction of sp³-hybridized carbons (Fsp3) is 0.423. The van der Waals surface area contributed by atoms with Gasteiger partial charge in [0.2, 0.25) is 0 Å². The van der Waals surface area contributed by atoms with Crippen molar-refractivity contribution in [1.29, 1.82) is 0 Å². The van der Waals surface area contributed by atoms with Gasteiger partial charge in [-0.05, 0) is 67.7 Å². The molecule has 3 aromatic rings. The molecule has 1 saturated carbocycles. The summed E-state index contributed by atoms with van der Waals surface area (Å²) in [6, 6.07) is 17.9. The maximum absolute atomic E-state index is 5.96. The second-order valence-electron chi connectivity index (χ2n) is 8.36. The summed E-state index contributed by atoms with van der Waals surface area (Å²) in [6.07, 6.45) is 9.77. The number of aryl methyl sites for hydroxylation is 2. The molecule has 0 atom stereocenters. The molecule has 0 amide bonds. The van der Waals surface area contributed by atoms with Crippen molar-refractivity contribution in [3.8, 4) is 0 Å². The monoisotopic (exact) mass is 419 g/mol. The van der Waals surface area contributed by atoms with Crippen molar-refractivity contribution in [2.45, 2.75) is 71.5 Å². The molecule has 0 saturated heterocycles. The van der Waals surface area contributed by atoms with E-state index in [1.54, 1.807) is 0 Å². The van der Waals surface area contributed by atoms with E-state index in [0.717, 1.165) is 30.3 Å². The largest absolute Gasteiger partial charge is 0.347 e. The number of thiocarbonyl (C=S) groups is 1. The van der Waals surface area contributed by atoms with Crippen LogP contribution in [0.1, 0.15) is 57.1 Å². The lowest BCUT2D eigenvalue weighted by Crippen LogP contribution is -2.43. The van der Waals surface area contributed by atoms with E-state index in [1.807, 2.05) is 0 Å². The Balaban J connectivity index is 1.60. The number of aromatic nitrogens is 1. The van der Waals surface area contributed by atoms with Gasteiger partial charge in [0.1, 0.15) is 0 Å². The van der Waals surface area contributed by atoms with Crippen molar-refractivity contribution in [3.63, 3.8) is 0 Å². The smallest absolute Gasteiger partial charge is 0.173 e. The number of nitrogens with zero attached hydrogens (tertiary/aromatic N) is 2. The molecule has 0 radical (unpaired) electrons. The quantitative estimate of drug-likeness (QED) is 0.446. The molecule has 0 bridgehead atoms. The van der Waals surface area contributed by atoms with Crippen molar-refractivity contribution in [1.82, 2.24) is 9.47 Å². The van der Waals surface area contributed by atoms with Crippen LogP contribution in [-0.2, 0) is 19.5 Å². The summed E-state index contributed by atoms with van der Waals surface area (Å²) < 4.78 is 2.35. The summed E-state index contributed by atoms with van der Waals surface area (Å²) in [4.78, 5) is 2.45. The third kappa shape index (κ3) is 4.54. The van der Waals surface area contributed by atoms with Gasteiger partial charge in [0.25, 0.3) is 0 Å². The fourth-order valence-corrected chi connectivity index (χ4v) is 5.00. The molecule has 1 fully saturated rings. The van der Waals surface area contributed by atoms with Crippen LogP contribution < -0.4 is 5.32 Å². The Hall–Kier alpha value is -2.33. The van der Waals surface area contributed by atoms with E-state index < -0.39 is 0 Å². The highest BCUT2D eigenvalue weighted by Crippen LogP contribution is 2.28. The summed E-state index contributed by atoms with van der Waals surface area (Å²) in [5.41, 5.74) is 5.10. The van der Waals surface area contributed by atoms with Gasteiger partial charge < -0.3 is 14.8 Å². The number of nitrogens with one attached hydrogen (secondary N) is 1. The molecule has 0 unspecified atom stereocenters. The first-order valence-electron chi connectivity index (χ1n) is 11.4. The summed E-state index contributed by atoms with van der Waals surface area (Å²) in [7, 11) is 0. The predicted octanol–water partition coefficient (Wildman–Crippen LogP) is 6.76. The summed E-state index contributed by atoms with van der Waals surface area (Å²) in [6.45, 7) is 6.24. The third-order valence-corrected chi connectivity index (χ3v) is 6.78. The van der Waals surface area contributed by atoms with E-state index in [-0.39, 0.29) is 0 Å². The lowest BCUT2D eigenvalue weighted by Gasteiger charge is -2.36.